The van der Waals surface area contributed by atoms with E-state index in [1.165, 1.54) is 5.56 Å². The average molecular weight is 294 g/mol. The molecule has 0 amide bonds. The minimum Gasteiger partial charge on any atom is -0.364 e. The van der Waals surface area contributed by atoms with Gasteiger partial charge in [0.1, 0.15) is 5.82 Å². The van der Waals surface area contributed by atoms with Crippen molar-refractivity contribution >= 4 is 0 Å². The molecule has 0 saturated carbocycles. The van der Waals surface area contributed by atoms with E-state index in [1.807, 2.05) is 26.0 Å². The Bertz CT molecular complexity index is 876. The summed E-state index contributed by atoms with van der Waals surface area (Å²) in [6.07, 6.45) is 1.70. The molecule has 1 N–H and O–H groups in total. The predicted octanol–water partition coefficient (Wildman–Crippen LogP) is 2.61. The van der Waals surface area contributed by atoms with Gasteiger partial charge in [-0.3, -0.25) is 4.79 Å². The molecule has 0 radical (unpaired) electrons. The van der Waals surface area contributed by atoms with Crippen molar-refractivity contribution < 1.29 is 0 Å². The summed E-state index contributed by atoms with van der Waals surface area (Å²) in [7, 11) is 0. The van der Waals surface area contributed by atoms with Gasteiger partial charge in [-0.2, -0.15) is 5.10 Å². The summed E-state index contributed by atoms with van der Waals surface area (Å²) < 4.78 is 1.79. The highest BCUT2D eigenvalue weighted by atomic mass is 16.1. The number of hydrogen-bond donors (Lipinski definition) is 1. The Morgan fingerprint density at radius 2 is 1.95 bits per heavy atom. The number of H-pyrrole nitrogens is 1. The van der Waals surface area contributed by atoms with Gasteiger partial charge in [0.05, 0.1) is 12.1 Å². The van der Waals surface area contributed by atoms with Crippen LogP contribution in [-0.4, -0.2) is 19.7 Å². The first-order valence-electron chi connectivity index (χ1n) is 7.20. The molecule has 3 rings (SSSR count). The Morgan fingerprint density at radius 1 is 1.18 bits per heavy atom. The number of nitrogens with zero attached hydrogens (tertiary/aromatic N) is 3. The Balaban J connectivity index is 2.07. The lowest BCUT2D eigenvalue weighted by Crippen LogP contribution is -2.11. The van der Waals surface area contributed by atoms with Gasteiger partial charge in [-0.05, 0) is 31.9 Å². The first-order chi connectivity index (χ1) is 10.5. The topological polar surface area (TPSA) is 63.6 Å². The minimum absolute atomic E-state index is 0.0466. The Hall–Kier alpha value is -2.69. The highest BCUT2D eigenvalue weighted by Gasteiger charge is 2.14. The van der Waals surface area contributed by atoms with E-state index in [9.17, 15) is 4.79 Å². The van der Waals surface area contributed by atoms with E-state index in [4.69, 9.17) is 0 Å². The van der Waals surface area contributed by atoms with Crippen LogP contribution in [0.5, 0.6) is 0 Å². The Morgan fingerprint density at radius 3 is 2.68 bits per heavy atom. The fraction of sp³-hybridized carbons (Fsp3) is 0.235. The van der Waals surface area contributed by atoms with E-state index < -0.39 is 0 Å². The van der Waals surface area contributed by atoms with Gasteiger partial charge in [0, 0.05) is 18.0 Å². The molecular formula is C17H18N4O. The molecule has 0 spiro atoms. The second kappa shape index (κ2) is 5.60. The van der Waals surface area contributed by atoms with Crippen molar-refractivity contribution in [3.05, 3.63) is 69.4 Å². The zero-order valence-electron chi connectivity index (χ0n) is 12.9. The van der Waals surface area contributed by atoms with Crippen molar-refractivity contribution in [1.29, 1.82) is 0 Å². The molecule has 2 aromatic heterocycles. The number of pyridine rings is 1. The summed E-state index contributed by atoms with van der Waals surface area (Å²) in [6.45, 7) is 6.35. The number of aromatic amines is 1. The van der Waals surface area contributed by atoms with Crippen LogP contribution in [0.4, 0.5) is 0 Å². The third kappa shape index (κ3) is 2.70. The highest BCUT2D eigenvalue weighted by Crippen LogP contribution is 2.16. The Labute approximate surface area is 128 Å². The molecule has 0 fully saturated rings. The lowest BCUT2D eigenvalue weighted by atomic mass is 10.1. The van der Waals surface area contributed by atoms with Gasteiger partial charge in [0.25, 0.3) is 0 Å². The van der Waals surface area contributed by atoms with Crippen LogP contribution in [0.15, 0.2) is 41.3 Å². The molecule has 1 aromatic carbocycles. The van der Waals surface area contributed by atoms with E-state index in [0.29, 0.717) is 23.8 Å². The normalized spacial score (nSPS) is 10.9. The van der Waals surface area contributed by atoms with Crippen LogP contribution in [0.25, 0.3) is 11.4 Å². The molecule has 0 unspecified atom stereocenters. The number of nitrogens with one attached hydrogen (secondary N) is 1. The van der Waals surface area contributed by atoms with E-state index >= 15 is 0 Å². The van der Waals surface area contributed by atoms with Crippen molar-refractivity contribution in [3.8, 4) is 11.4 Å². The highest BCUT2D eigenvalue weighted by molar-refractivity contribution is 5.54. The molecule has 0 saturated heterocycles. The number of benzene rings is 1. The van der Waals surface area contributed by atoms with Gasteiger partial charge in [0.15, 0.2) is 11.3 Å². The van der Waals surface area contributed by atoms with Gasteiger partial charge in [-0.1, -0.05) is 24.3 Å². The zero-order chi connectivity index (χ0) is 15.7. The number of rotatable bonds is 3. The van der Waals surface area contributed by atoms with Crippen LogP contribution in [0.3, 0.4) is 0 Å². The quantitative estimate of drug-likeness (QED) is 0.807. The maximum Gasteiger partial charge on any atom is 0.192 e. The molecular weight excluding hydrogens is 276 g/mol. The van der Waals surface area contributed by atoms with Crippen molar-refractivity contribution in [2.45, 2.75) is 27.3 Å². The summed E-state index contributed by atoms with van der Waals surface area (Å²) in [6, 6.07) is 9.73. The monoisotopic (exact) mass is 294 g/mol. The number of aryl methyl sites for hydroxylation is 3. The molecule has 0 bridgehead atoms. The maximum atomic E-state index is 12.2. The molecule has 3 aromatic rings. The van der Waals surface area contributed by atoms with E-state index in [0.717, 1.165) is 11.3 Å². The zero-order valence-corrected chi connectivity index (χ0v) is 12.9. The van der Waals surface area contributed by atoms with E-state index in [-0.39, 0.29) is 5.43 Å². The molecule has 0 aliphatic rings. The van der Waals surface area contributed by atoms with Crippen LogP contribution in [0, 0.1) is 20.8 Å². The second-order valence-electron chi connectivity index (χ2n) is 5.46. The first kappa shape index (κ1) is 14.3. The average Bonchev–Trinajstić information content (AvgIpc) is 2.82. The molecule has 0 aliphatic carbocycles. The fourth-order valence-corrected chi connectivity index (χ4v) is 2.46. The summed E-state index contributed by atoms with van der Waals surface area (Å²) in [5.41, 5.74) is 3.68. The van der Waals surface area contributed by atoms with Gasteiger partial charge in [-0.25, -0.2) is 9.67 Å². The predicted molar refractivity (Wildman–Crippen MR) is 85.8 cm³/mol. The van der Waals surface area contributed by atoms with Gasteiger partial charge >= 0.3 is 0 Å². The maximum absolute atomic E-state index is 12.2. The van der Waals surface area contributed by atoms with Crippen LogP contribution in [-0.2, 0) is 6.54 Å². The number of hydrogen-bond acceptors (Lipinski definition) is 3. The van der Waals surface area contributed by atoms with Gasteiger partial charge in [-0.15, -0.1) is 0 Å². The number of aromatic nitrogens is 4. The molecule has 0 aliphatic heterocycles. The summed E-state index contributed by atoms with van der Waals surface area (Å²) in [4.78, 5) is 19.7. The van der Waals surface area contributed by atoms with Crippen molar-refractivity contribution in [1.82, 2.24) is 19.7 Å². The van der Waals surface area contributed by atoms with E-state index in [2.05, 4.69) is 34.1 Å². The van der Waals surface area contributed by atoms with Crippen molar-refractivity contribution in [2.24, 2.45) is 0 Å². The third-order valence-electron chi connectivity index (χ3n) is 3.66. The van der Waals surface area contributed by atoms with E-state index in [1.54, 1.807) is 16.9 Å². The molecule has 5 nitrogen and oxygen atoms in total. The SMILES string of the molecule is Cc1nc(-c2c[nH]c(C)cc2=O)n(Cc2ccccc2C)n1. The lowest BCUT2D eigenvalue weighted by molar-refractivity contribution is 0.683. The summed E-state index contributed by atoms with van der Waals surface area (Å²) in [5.74, 6) is 1.26. The summed E-state index contributed by atoms with van der Waals surface area (Å²) >= 11 is 0. The van der Waals surface area contributed by atoms with Crippen LogP contribution in [0.1, 0.15) is 22.6 Å². The van der Waals surface area contributed by atoms with Crippen molar-refractivity contribution in [2.75, 3.05) is 0 Å². The first-order valence-corrected chi connectivity index (χ1v) is 7.20. The largest absolute Gasteiger partial charge is 0.364 e. The standard InChI is InChI=1S/C17H18N4O/c1-11-6-4-5-7-14(11)10-21-17(19-13(3)20-21)15-9-18-12(2)8-16(15)22/h4-9H,10H2,1-3H3,(H,18,22). The van der Waals surface area contributed by atoms with Crippen LogP contribution in [0.2, 0.25) is 0 Å². The van der Waals surface area contributed by atoms with Crippen molar-refractivity contribution in [3.63, 3.8) is 0 Å². The Kier molecular flexibility index (Phi) is 3.63. The second-order valence-corrected chi connectivity index (χ2v) is 5.46. The summed E-state index contributed by atoms with van der Waals surface area (Å²) in [5, 5.41) is 4.44. The minimum atomic E-state index is -0.0466. The fourth-order valence-electron chi connectivity index (χ4n) is 2.46. The third-order valence-corrected chi connectivity index (χ3v) is 3.66. The molecule has 2 heterocycles. The van der Waals surface area contributed by atoms with Crippen LogP contribution >= 0.6 is 0 Å². The van der Waals surface area contributed by atoms with Crippen LogP contribution < -0.4 is 5.43 Å². The molecule has 22 heavy (non-hydrogen) atoms. The smallest absolute Gasteiger partial charge is 0.192 e. The lowest BCUT2D eigenvalue weighted by Gasteiger charge is -2.08. The molecule has 5 heteroatoms. The van der Waals surface area contributed by atoms with Gasteiger partial charge < -0.3 is 4.98 Å². The van der Waals surface area contributed by atoms with Gasteiger partial charge in [0.2, 0.25) is 0 Å². The molecule has 0 atom stereocenters. The molecule has 112 valence electrons.